The predicted octanol–water partition coefficient (Wildman–Crippen LogP) is 1.60. The van der Waals surface area contributed by atoms with Crippen LogP contribution in [0.1, 0.15) is 34.1 Å². The summed E-state index contributed by atoms with van der Waals surface area (Å²) in [6.07, 6.45) is 0.693. The molecule has 0 rings (SSSR count). The lowest BCUT2D eigenvalue weighted by Crippen LogP contribution is -2.39. The van der Waals surface area contributed by atoms with Gasteiger partial charge in [-0.25, -0.2) is 0 Å². The number of primary amides is 1. The van der Waals surface area contributed by atoms with Crippen LogP contribution in [0.5, 0.6) is 0 Å². The van der Waals surface area contributed by atoms with Crippen molar-refractivity contribution in [3.63, 3.8) is 0 Å². The molecule has 0 aliphatic heterocycles. The van der Waals surface area contributed by atoms with E-state index in [-0.39, 0.29) is 11.3 Å². The number of hydrogen-bond acceptors (Lipinski definition) is 2. The Morgan fingerprint density at radius 3 is 1.82 bits per heavy atom. The van der Waals surface area contributed by atoms with Crippen LogP contribution in [0.25, 0.3) is 0 Å². The van der Waals surface area contributed by atoms with E-state index < -0.39 is 4.75 Å². The third-order valence-corrected chi connectivity index (χ3v) is 1.78. The highest BCUT2D eigenvalue weighted by molar-refractivity contribution is 7.82. The molecule has 0 fully saturated rings. The van der Waals surface area contributed by atoms with E-state index in [0.29, 0.717) is 6.42 Å². The monoisotopic (exact) mass is 175 g/mol. The molecule has 0 aliphatic carbocycles. The van der Waals surface area contributed by atoms with E-state index in [0.717, 1.165) is 0 Å². The summed E-state index contributed by atoms with van der Waals surface area (Å²) in [5, 5.41) is 0. The third kappa shape index (κ3) is 4.30. The smallest absolute Gasteiger partial charge is 0.233 e. The molecule has 0 aromatic carbocycles. The highest BCUT2D eigenvalue weighted by atomic mass is 32.1. The van der Waals surface area contributed by atoms with Crippen molar-refractivity contribution in [2.45, 2.75) is 38.9 Å². The summed E-state index contributed by atoms with van der Waals surface area (Å²) in [5.41, 5.74) is 5.25. The molecular weight excluding hydrogens is 158 g/mol. The van der Waals surface area contributed by atoms with Crippen LogP contribution in [0.15, 0.2) is 0 Å². The van der Waals surface area contributed by atoms with E-state index in [9.17, 15) is 4.79 Å². The zero-order valence-electron chi connectivity index (χ0n) is 7.64. The maximum absolute atomic E-state index is 10.8. The molecule has 1 atom stereocenters. The van der Waals surface area contributed by atoms with Gasteiger partial charge in [0, 0.05) is 0 Å². The highest BCUT2D eigenvalue weighted by Crippen LogP contribution is 2.30. The number of thiol groups is 1. The molecule has 2 nitrogen and oxygen atoms in total. The lowest BCUT2D eigenvalue weighted by atomic mass is 9.84. The Morgan fingerprint density at radius 1 is 1.36 bits per heavy atom. The molecule has 3 heteroatoms. The molecule has 0 aromatic heterocycles. The minimum absolute atomic E-state index is 0.0888. The molecule has 0 aromatic rings. The molecule has 2 N–H and O–H groups in total. The Balaban J connectivity index is 4.25. The van der Waals surface area contributed by atoms with Gasteiger partial charge in [-0.15, -0.1) is 0 Å². The number of nitrogens with two attached hydrogens (primary N) is 1. The van der Waals surface area contributed by atoms with Crippen molar-refractivity contribution >= 4 is 18.5 Å². The van der Waals surface area contributed by atoms with Gasteiger partial charge in [-0.1, -0.05) is 20.8 Å². The number of amides is 1. The summed E-state index contributed by atoms with van der Waals surface area (Å²) in [4.78, 5) is 10.8. The summed E-state index contributed by atoms with van der Waals surface area (Å²) < 4.78 is -0.682. The van der Waals surface area contributed by atoms with E-state index in [2.05, 4.69) is 33.4 Å². The fraction of sp³-hybridized carbons (Fsp3) is 0.875. The Hall–Kier alpha value is -0.180. The van der Waals surface area contributed by atoms with E-state index in [1.807, 2.05) is 0 Å². The summed E-state index contributed by atoms with van der Waals surface area (Å²) in [6, 6.07) is 0. The Labute approximate surface area is 74.0 Å². The second-order valence-corrected chi connectivity index (χ2v) is 5.36. The van der Waals surface area contributed by atoms with Gasteiger partial charge in [-0.05, 0) is 18.8 Å². The number of rotatable bonds is 2. The minimum Gasteiger partial charge on any atom is -0.368 e. The lowest BCUT2D eigenvalue weighted by Gasteiger charge is -2.28. The van der Waals surface area contributed by atoms with Crippen molar-refractivity contribution < 1.29 is 4.79 Å². The van der Waals surface area contributed by atoms with Crippen LogP contribution in [0, 0.1) is 5.41 Å². The quantitative estimate of drug-likeness (QED) is 0.615. The van der Waals surface area contributed by atoms with Crippen LogP contribution in [0.4, 0.5) is 0 Å². The van der Waals surface area contributed by atoms with Gasteiger partial charge in [0.25, 0.3) is 0 Å². The minimum atomic E-state index is -0.682. The average molecular weight is 175 g/mol. The van der Waals surface area contributed by atoms with Crippen molar-refractivity contribution in [3.8, 4) is 0 Å². The van der Waals surface area contributed by atoms with Crippen molar-refractivity contribution in [1.82, 2.24) is 0 Å². The van der Waals surface area contributed by atoms with Gasteiger partial charge in [-0.3, -0.25) is 4.79 Å². The van der Waals surface area contributed by atoms with Gasteiger partial charge in [-0.2, -0.15) is 12.6 Å². The molecule has 1 amide bonds. The van der Waals surface area contributed by atoms with Gasteiger partial charge in [0.05, 0.1) is 4.75 Å². The predicted molar refractivity (Wildman–Crippen MR) is 50.7 cm³/mol. The van der Waals surface area contributed by atoms with Crippen LogP contribution < -0.4 is 5.73 Å². The van der Waals surface area contributed by atoms with E-state index in [1.54, 1.807) is 6.92 Å². The van der Waals surface area contributed by atoms with Crippen molar-refractivity contribution in [3.05, 3.63) is 0 Å². The van der Waals surface area contributed by atoms with E-state index in [1.165, 1.54) is 0 Å². The SMILES string of the molecule is CC(C)(C)CC(C)(S)C(N)=O. The molecule has 11 heavy (non-hydrogen) atoms. The summed E-state index contributed by atoms with van der Waals surface area (Å²) in [6.45, 7) is 7.93. The topological polar surface area (TPSA) is 43.1 Å². The first-order chi connectivity index (χ1) is 4.65. The highest BCUT2D eigenvalue weighted by Gasteiger charge is 2.31. The van der Waals surface area contributed by atoms with Crippen molar-refractivity contribution in [1.29, 1.82) is 0 Å². The Morgan fingerprint density at radius 2 is 1.73 bits per heavy atom. The Kier molecular flexibility index (Phi) is 3.00. The molecule has 0 saturated heterocycles. The molecule has 0 saturated carbocycles. The molecule has 0 spiro atoms. The van der Waals surface area contributed by atoms with Crippen LogP contribution in [0.3, 0.4) is 0 Å². The molecule has 0 aliphatic rings. The van der Waals surface area contributed by atoms with Crippen LogP contribution in [-0.4, -0.2) is 10.7 Å². The molecule has 0 heterocycles. The van der Waals surface area contributed by atoms with E-state index >= 15 is 0 Å². The largest absolute Gasteiger partial charge is 0.368 e. The normalized spacial score (nSPS) is 17.5. The first-order valence-corrected chi connectivity index (χ1v) is 4.12. The first kappa shape index (κ1) is 10.8. The van der Waals surface area contributed by atoms with Gasteiger partial charge >= 0.3 is 0 Å². The summed E-state index contributed by atoms with van der Waals surface area (Å²) in [7, 11) is 0. The maximum Gasteiger partial charge on any atom is 0.233 e. The summed E-state index contributed by atoms with van der Waals surface area (Å²) in [5.74, 6) is -0.351. The van der Waals surface area contributed by atoms with Crippen molar-refractivity contribution in [2.24, 2.45) is 11.1 Å². The zero-order chi connectivity index (χ0) is 9.28. The molecule has 1 unspecified atom stereocenters. The second-order valence-electron chi connectivity index (χ2n) is 4.38. The van der Waals surface area contributed by atoms with Gasteiger partial charge in [0.1, 0.15) is 0 Å². The number of hydrogen-bond donors (Lipinski definition) is 2. The standard InChI is InChI=1S/C8H17NOS/c1-7(2,3)5-8(4,11)6(9)10/h11H,5H2,1-4H3,(H2,9,10). The van der Waals surface area contributed by atoms with E-state index in [4.69, 9.17) is 5.73 Å². The van der Waals surface area contributed by atoms with Crippen LogP contribution in [-0.2, 0) is 4.79 Å². The third-order valence-electron chi connectivity index (χ3n) is 1.41. The first-order valence-electron chi connectivity index (χ1n) is 3.67. The molecule has 66 valence electrons. The van der Waals surface area contributed by atoms with Gasteiger partial charge < -0.3 is 5.73 Å². The zero-order valence-corrected chi connectivity index (χ0v) is 8.53. The molecule has 0 bridgehead atoms. The Bertz CT molecular complexity index is 158. The fourth-order valence-electron chi connectivity index (χ4n) is 1.12. The van der Waals surface area contributed by atoms with Crippen molar-refractivity contribution in [2.75, 3.05) is 0 Å². The summed E-state index contributed by atoms with van der Waals surface area (Å²) >= 11 is 4.20. The van der Waals surface area contributed by atoms with Crippen LogP contribution >= 0.6 is 12.6 Å². The van der Waals surface area contributed by atoms with Gasteiger partial charge in [0.15, 0.2) is 0 Å². The number of carbonyl (C=O) groups is 1. The number of carbonyl (C=O) groups excluding carboxylic acids is 1. The van der Waals surface area contributed by atoms with Gasteiger partial charge in [0.2, 0.25) is 5.91 Å². The maximum atomic E-state index is 10.8. The molecular formula is C8H17NOS. The fourth-order valence-corrected chi connectivity index (χ4v) is 1.59. The van der Waals surface area contributed by atoms with Crippen LogP contribution in [0.2, 0.25) is 0 Å². The lowest BCUT2D eigenvalue weighted by molar-refractivity contribution is -0.120. The average Bonchev–Trinajstić information content (AvgIpc) is 1.56. The second kappa shape index (κ2) is 3.05. The molecule has 0 radical (unpaired) electrons.